The number of allylic oxidation sites excluding steroid dienone is 1. The zero-order valence-corrected chi connectivity index (χ0v) is 12.7. The van der Waals surface area contributed by atoms with Gasteiger partial charge in [0.05, 0.1) is 0 Å². The maximum absolute atomic E-state index is 11.5. The number of hydrogen-bond acceptors (Lipinski definition) is 3. The Hall–Kier alpha value is -0.0600. The smallest absolute Gasteiger partial charge is 0.0477 e. The molecule has 17 heavy (non-hydrogen) atoms. The summed E-state index contributed by atoms with van der Waals surface area (Å²) in [6.45, 7) is 8.17. The molecule has 0 N–H and O–H groups in total. The molecule has 1 aliphatic carbocycles. The topological polar surface area (TPSA) is 40.1 Å². The third kappa shape index (κ3) is 3.70. The molecule has 2 nitrogen and oxygen atoms in total. The van der Waals surface area contributed by atoms with Crippen LogP contribution in [0.15, 0.2) is 11.1 Å². The number of thiocarbonyl (C=S) groups is 1. The molecule has 98 valence electrons. The Morgan fingerprint density at radius 3 is 2.59 bits per heavy atom. The van der Waals surface area contributed by atoms with Gasteiger partial charge in [0.2, 0.25) is 0 Å². The van der Waals surface area contributed by atoms with E-state index in [1.807, 2.05) is 6.92 Å². The normalized spacial score (nSPS) is 23.4. The second-order valence-corrected chi connectivity index (χ2v) is 7.37. The Balaban J connectivity index is 3.15. The van der Waals surface area contributed by atoms with E-state index in [1.165, 1.54) is 5.57 Å². The molecule has 0 aromatic heterocycles. The van der Waals surface area contributed by atoms with Crippen molar-refractivity contribution < 1.29 is 8.76 Å². The van der Waals surface area contributed by atoms with E-state index in [2.05, 4.69) is 20.8 Å². The van der Waals surface area contributed by atoms with Crippen molar-refractivity contribution in [2.24, 2.45) is 5.41 Å². The monoisotopic (exact) mass is 273 g/mol. The van der Waals surface area contributed by atoms with Crippen LogP contribution in [0, 0.1) is 5.41 Å². The van der Waals surface area contributed by atoms with Crippen LogP contribution in [-0.4, -0.2) is 18.9 Å². The molecule has 0 aromatic rings. The maximum Gasteiger partial charge on any atom is 0.0477 e. The van der Waals surface area contributed by atoms with Gasteiger partial charge in [-0.2, -0.15) is 0 Å². The largest absolute Gasteiger partial charge is 0.772 e. The second-order valence-electron chi connectivity index (χ2n) is 5.59. The highest BCUT2D eigenvalue weighted by atomic mass is 32.2. The molecule has 1 aliphatic rings. The van der Waals surface area contributed by atoms with Crippen LogP contribution < -0.4 is 0 Å². The summed E-state index contributed by atoms with van der Waals surface area (Å²) in [5, 5.41) is -0.428. The fourth-order valence-electron chi connectivity index (χ4n) is 2.88. The molecular formula is C13H21O2S2-. The molecule has 2 atom stereocenters. The molecule has 2 unspecified atom stereocenters. The summed E-state index contributed by atoms with van der Waals surface area (Å²) >= 11 is 2.99. The Bertz CT molecular complexity index is 370. The van der Waals surface area contributed by atoms with Gasteiger partial charge in [-0.25, -0.2) is 0 Å². The number of hydrogen-bond donors (Lipinski definition) is 0. The molecule has 0 radical (unpaired) electrons. The Labute approximate surface area is 112 Å². The summed E-state index contributed by atoms with van der Waals surface area (Å²) in [6.07, 6.45) is 3.70. The SMILES string of the molecule is CC(=S)CC(C1=C(C)CCCC1(C)C)S(=O)[O-]. The highest BCUT2D eigenvalue weighted by Crippen LogP contribution is 2.43. The lowest BCUT2D eigenvalue weighted by atomic mass is 9.71. The average Bonchev–Trinajstić information content (AvgIpc) is 2.13. The van der Waals surface area contributed by atoms with Crippen molar-refractivity contribution in [3.8, 4) is 0 Å². The van der Waals surface area contributed by atoms with E-state index in [0.717, 1.165) is 29.7 Å². The molecule has 0 fully saturated rings. The molecule has 0 saturated carbocycles. The van der Waals surface area contributed by atoms with Crippen LogP contribution in [0.25, 0.3) is 0 Å². The summed E-state index contributed by atoms with van der Waals surface area (Å²) in [5.41, 5.74) is 2.32. The quantitative estimate of drug-likeness (QED) is 0.447. The first-order valence-electron chi connectivity index (χ1n) is 6.03. The maximum atomic E-state index is 11.5. The van der Waals surface area contributed by atoms with Gasteiger partial charge in [0.15, 0.2) is 0 Å². The molecular weight excluding hydrogens is 252 g/mol. The van der Waals surface area contributed by atoms with Crippen molar-refractivity contribution in [1.82, 2.24) is 0 Å². The summed E-state index contributed by atoms with van der Waals surface area (Å²) in [7, 11) is 0. The molecule has 4 heteroatoms. The zero-order chi connectivity index (χ0) is 13.2. The standard InChI is InChI=1S/C13H22O2S2/c1-9-6-5-7-13(3,4)12(9)11(17(14)15)8-10(2)16/h11H,5-8H2,1-4H3,(H,14,15)/p-1. The van der Waals surface area contributed by atoms with Crippen molar-refractivity contribution in [3.63, 3.8) is 0 Å². The van der Waals surface area contributed by atoms with Gasteiger partial charge < -0.3 is 4.55 Å². The van der Waals surface area contributed by atoms with Gasteiger partial charge in [-0.1, -0.05) is 37.2 Å². The van der Waals surface area contributed by atoms with Crippen LogP contribution in [0.4, 0.5) is 0 Å². The van der Waals surface area contributed by atoms with Crippen LogP contribution in [0.2, 0.25) is 0 Å². The lowest BCUT2D eigenvalue weighted by Crippen LogP contribution is -2.32. The van der Waals surface area contributed by atoms with Crippen LogP contribution in [0.3, 0.4) is 0 Å². The molecule has 0 aromatic carbocycles. The molecule has 0 heterocycles. The molecule has 1 rings (SSSR count). The fraction of sp³-hybridized carbons (Fsp3) is 0.769. The third-order valence-electron chi connectivity index (χ3n) is 3.57. The van der Waals surface area contributed by atoms with E-state index >= 15 is 0 Å². The lowest BCUT2D eigenvalue weighted by molar-refractivity contribution is 0.353. The van der Waals surface area contributed by atoms with Gasteiger partial charge in [-0.05, 0) is 60.9 Å². The molecule has 0 aliphatic heterocycles. The summed E-state index contributed by atoms with van der Waals surface area (Å²) in [6, 6.07) is 0. The highest BCUT2D eigenvalue weighted by Gasteiger charge is 2.34. The lowest BCUT2D eigenvalue weighted by Gasteiger charge is -2.39. The molecule has 0 bridgehead atoms. The van der Waals surface area contributed by atoms with Gasteiger partial charge in [-0.3, -0.25) is 4.21 Å². The van der Waals surface area contributed by atoms with E-state index < -0.39 is 16.3 Å². The minimum Gasteiger partial charge on any atom is -0.772 e. The highest BCUT2D eigenvalue weighted by molar-refractivity contribution is 7.81. The van der Waals surface area contributed by atoms with Crippen LogP contribution >= 0.6 is 12.2 Å². The van der Waals surface area contributed by atoms with Crippen LogP contribution in [0.5, 0.6) is 0 Å². The van der Waals surface area contributed by atoms with Crippen LogP contribution in [-0.2, 0) is 11.1 Å². The van der Waals surface area contributed by atoms with Crippen molar-refractivity contribution in [1.29, 1.82) is 0 Å². The minimum absolute atomic E-state index is 0.0160. The van der Waals surface area contributed by atoms with E-state index in [1.54, 1.807) is 0 Å². The van der Waals surface area contributed by atoms with Gasteiger partial charge in [-0.15, -0.1) is 0 Å². The second kappa shape index (κ2) is 5.72. The number of rotatable bonds is 4. The van der Waals surface area contributed by atoms with Crippen molar-refractivity contribution >= 4 is 28.2 Å². The van der Waals surface area contributed by atoms with E-state index in [-0.39, 0.29) is 5.41 Å². The summed E-state index contributed by atoms with van der Waals surface area (Å²) in [4.78, 5) is 0.765. The molecule has 0 spiro atoms. The fourth-order valence-corrected chi connectivity index (χ4v) is 4.25. The van der Waals surface area contributed by atoms with Crippen molar-refractivity contribution in [3.05, 3.63) is 11.1 Å². The summed E-state index contributed by atoms with van der Waals surface area (Å²) < 4.78 is 22.9. The van der Waals surface area contributed by atoms with Gasteiger partial charge in [0.1, 0.15) is 0 Å². The third-order valence-corrected chi connectivity index (χ3v) is 4.60. The van der Waals surface area contributed by atoms with Crippen LogP contribution in [0.1, 0.15) is 53.4 Å². The van der Waals surface area contributed by atoms with Gasteiger partial charge >= 0.3 is 0 Å². The van der Waals surface area contributed by atoms with Gasteiger partial charge in [0.25, 0.3) is 0 Å². The van der Waals surface area contributed by atoms with E-state index in [4.69, 9.17) is 12.2 Å². The minimum atomic E-state index is -2.08. The van der Waals surface area contributed by atoms with E-state index in [9.17, 15) is 8.76 Å². The Morgan fingerprint density at radius 2 is 2.18 bits per heavy atom. The first-order valence-corrected chi connectivity index (χ1v) is 7.58. The average molecular weight is 273 g/mol. The Kier molecular flexibility index (Phi) is 5.05. The van der Waals surface area contributed by atoms with Gasteiger partial charge in [0, 0.05) is 5.25 Å². The first-order chi connectivity index (χ1) is 7.75. The zero-order valence-electron chi connectivity index (χ0n) is 11.0. The molecule has 0 saturated heterocycles. The molecule has 0 amide bonds. The van der Waals surface area contributed by atoms with Crippen molar-refractivity contribution in [2.75, 3.05) is 0 Å². The Morgan fingerprint density at radius 1 is 1.59 bits per heavy atom. The predicted molar refractivity (Wildman–Crippen MR) is 75.9 cm³/mol. The van der Waals surface area contributed by atoms with E-state index in [0.29, 0.717) is 6.42 Å². The first kappa shape index (κ1) is 15.0. The van der Waals surface area contributed by atoms with Crippen molar-refractivity contribution in [2.45, 2.75) is 58.6 Å². The summed E-state index contributed by atoms with van der Waals surface area (Å²) in [5.74, 6) is 0. The predicted octanol–water partition coefficient (Wildman–Crippen LogP) is 3.54.